The van der Waals surface area contributed by atoms with Crippen LogP contribution in [0.4, 0.5) is 0 Å². The van der Waals surface area contributed by atoms with Gasteiger partial charge in [-0.1, -0.05) is 6.92 Å². The van der Waals surface area contributed by atoms with Crippen molar-refractivity contribution in [2.24, 2.45) is 0 Å². The second kappa shape index (κ2) is 3.31. The molecule has 0 radical (unpaired) electrons. The number of nitrogens with one attached hydrogen (secondary N) is 1. The predicted molar refractivity (Wildman–Crippen MR) is 50.3 cm³/mol. The van der Waals surface area contributed by atoms with E-state index >= 15 is 0 Å². The Morgan fingerprint density at radius 1 is 1.50 bits per heavy atom. The molecule has 0 saturated heterocycles. The van der Waals surface area contributed by atoms with Crippen LogP contribution in [0, 0.1) is 0 Å². The fourth-order valence-corrected chi connectivity index (χ4v) is 1.11. The molecular formula is C10H17NO. The summed E-state index contributed by atoms with van der Waals surface area (Å²) in [6, 6.07) is 3.95. The molecule has 1 heterocycles. The van der Waals surface area contributed by atoms with Crippen LogP contribution in [-0.2, 0) is 0 Å². The Morgan fingerprint density at radius 2 is 2.17 bits per heavy atom. The Hall–Kier alpha value is -0.760. The average Bonchev–Trinajstić information content (AvgIpc) is 2.55. The van der Waals surface area contributed by atoms with Crippen molar-refractivity contribution in [1.29, 1.82) is 0 Å². The Balaban J connectivity index is 2.78. The first-order valence-electron chi connectivity index (χ1n) is 4.30. The van der Waals surface area contributed by atoms with E-state index in [1.165, 1.54) is 0 Å². The number of furan rings is 1. The van der Waals surface area contributed by atoms with Crippen molar-refractivity contribution in [3.05, 3.63) is 24.2 Å². The molecule has 0 aromatic carbocycles. The van der Waals surface area contributed by atoms with Gasteiger partial charge in [-0.2, -0.15) is 0 Å². The molecule has 68 valence electrons. The summed E-state index contributed by atoms with van der Waals surface area (Å²) in [7, 11) is 1.97. The minimum absolute atomic E-state index is 0.0812. The van der Waals surface area contributed by atoms with Crippen LogP contribution in [0.15, 0.2) is 22.8 Å². The molecule has 1 aromatic heterocycles. The van der Waals surface area contributed by atoms with Crippen molar-refractivity contribution in [3.8, 4) is 0 Å². The molecule has 0 amide bonds. The maximum Gasteiger partial charge on any atom is 0.108 e. The van der Waals surface area contributed by atoms with Gasteiger partial charge in [-0.3, -0.25) is 0 Å². The summed E-state index contributed by atoms with van der Waals surface area (Å²) >= 11 is 0. The Kier molecular flexibility index (Phi) is 2.58. The highest BCUT2D eigenvalue weighted by Crippen LogP contribution is 2.27. The monoisotopic (exact) mass is 167 g/mol. The van der Waals surface area contributed by atoms with Crippen LogP contribution < -0.4 is 5.32 Å². The van der Waals surface area contributed by atoms with Gasteiger partial charge < -0.3 is 9.73 Å². The first kappa shape index (κ1) is 9.33. The predicted octanol–water partition coefficient (Wildman–Crippen LogP) is 2.38. The van der Waals surface area contributed by atoms with Crippen molar-refractivity contribution in [3.63, 3.8) is 0 Å². The highest BCUT2D eigenvalue weighted by Gasteiger charge is 2.26. The molecule has 0 saturated carbocycles. The van der Waals surface area contributed by atoms with Gasteiger partial charge in [0.1, 0.15) is 5.76 Å². The number of hydrogen-bond acceptors (Lipinski definition) is 2. The van der Waals surface area contributed by atoms with Gasteiger partial charge in [-0.15, -0.1) is 0 Å². The fraction of sp³-hybridized carbons (Fsp3) is 0.600. The van der Waals surface area contributed by atoms with Gasteiger partial charge in [-0.05, 0) is 33.0 Å². The van der Waals surface area contributed by atoms with Crippen molar-refractivity contribution in [1.82, 2.24) is 5.32 Å². The molecule has 1 aromatic rings. The average molecular weight is 167 g/mol. The smallest absolute Gasteiger partial charge is 0.108 e. The molecule has 0 aliphatic heterocycles. The van der Waals surface area contributed by atoms with Gasteiger partial charge in [0, 0.05) is 11.5 Å². The lowest BCUT2D eigenvalue weighted by atomic mass is 9.87. The molecule has 1 atom stereocenters. The van der Waals surface area contributed by atoms with Crippen molar-refractivity contribution in [2.45, 2.75) is 32.2 Å². The molecule has 1 rings (SSSR count). The molecule has 0 spiro atoms. The Bertz CT molecular complexity index is 226. The van der Waals surface area contributed by atoms with E-state index in [9.17, 15) is 0 Å². The van der Waals surface area contributed by atoms with Gasteiger partial charge in [0.25, 0.3) is 0 Å². The van der Waals surface area contributed by atoms with Crippen molar-refractivity contribution in [2.75, 3.05) is 7.05 Å². The van der Waals surface area contributed by atoms with Crippen LogP contribution in [0.25, 0.3) is 0 Å². The SMILES string of the molecule is CNC(C)(C)C(C)c1ccco1. The number of rotatable bonds is 3. The van der Waals surface area contributed by atoms with Gasteiger partial charge in [-0.25, -0.2) is 0 Å². The second-order valence-corrected chi connectivity index (χ2v) is 3.71. The third-order valence-corrected chi connectivity index (χ3v) is 2.70. The first-order valence-corrected chi connectivity index (χ1v) is 4.30. The van der Waals surface area contributed by atoms with E-state index in [0.29, 0.717) is 5.92 Å². The maximum absolute atomic E-state index is 5.34. The van der Waals surface area contributed by atoms with Crippen LogP contribution in [0.5, 0.6) is 0 Å². The normalized spacial score (nSPS) is 14.7. The summed E-state index contributed by atoms with van der Waals surface area (Å²) in [5.74, 6) is 1.42. The van der Waals surface area contributed by atoms with E-state index < -0.39 is 0 Å². The summed E-state index contributed by atoms with van der Waals surface area (Å²) < 4.78 is 5.34. The van der Waals surface area contributed by atoms with Gasteiger partial charge in [0.15, 0.2) is 0 Å². The summed E-state index contributed by atoms with van der Waals surface area (Å²) in [6.45, 7) is 6.50. The topological polar surface area (TPSA) is 25.2 Å². The minimum Gasteiger partial charge on any atom is -0.469 e. The van der Waals surface area contributed by atoms with Crippen LogP contribution in [0.3, 0.4) is 0 Å². The standard InChI is InChI=1S/C10H17NO/c1-8(10(2,3)11-4)9-6-5-7-12-9/h5-8,11H,1-4H3. The molecular weight excluding hydrogens is 150 g/mol. The van der Waals surface area contributed by atoms with Gasteiger partial charge >= 0.3 is 0 Å². The molecule has 0 bridgehead atoms. The van der Waals surface area contributed by atoms with Crippen molar-refractivity contribution >= 4 is 0 Å². The molecule has 0 aliphatic rings. The summed E-state index contributed by atoms with van der Waals surface area (Å²) in [5.41, 5.74) is 0.0812. The van der Waals surface area contributed by atoms with Crippen LogP contribution in [0.1, 0.15) is 32.4 Å². The summed E-state index contributed by atoms with van der Waals surface area (Å²) in [6.07, 6.45) is 1.72. The van der Waals surface area contributed by atoms with E-state index in [0.717, 1.165) is 5.76 Å². The molecule has 0 aliphatic carbocycles. The lowest BCUT2D eigenvalue weighted by Crippen LogP contribution is -2.41. The first-order chi connectivity index (χ1) is 5.58. The Morgan fingerprint density at radius 3 is 2.58 bits per heavy atom. The zero-order valence-electron chi connectivity index (χ0n) is 8.22. The third-order valence-electron chi connectivity index (χ3n) is 2.70. The number of likely N-dealkylation sites (N-methyl/N-ethyl adjacent to an activating group) is 1. The minimum atomic E-state index is 0.0812. The van der Waals surface area contributed by atoms with Crippen LogP contribution >= 0.6 is 0 Å². The zero-order chi connectivity index (χ0) is 9.19. The summed E-state index contributed by atoms with van der Waals surface area (Å²) in [4.78, 5) is 0. The highest BCUT2D eigenvalue weighted by atomic mass is 16.3. The van der Waals surface area contributed by atoms with Crippen LogP contribution in [-0.4, -0.2) is 12.6 Å². The van der Waals surface area contributed by atoms with Crippen molar-refractivity contribution < 1.29 is 4.42 Å². The third kappa shape index (κ3) is 1.69. The highest BCUT2D eigenvalue weighted by molar-refractivity contribution is 5.10. The van der Waals surface area contributed by atoms with E-state index in [-0.39, 0.29) is 5.54 Å². The summed E-state index contributed by atoms with van der Waals surface area (Å²) in [5, 5.41) is 3.27. The fourth-order valence-electron chi connectivity index (χ4n) is 1.11. The van der Waals surface area contributed by atoms with E-state index in [1.54, 1.807) is 6.26 Å². The molecule has 1 N–H and O–H groups in total. The van der Waals surface area contributed by atoms with E-state index in [1.807, 2.05) is 19.2 Å². The maximum atomic E-state index is 5.34. The largest absolute Gasteiger partial charge is 0.469 e. The molecule has 12 heavy (non-hydrogen) atoms. The molecule has 2 heteroatoms. The zero-order valence-corrected chi connectivity index (χ0v) is 8.22. The van der Waals surface area contributed by atoms with Gasteiger partial charge in [0.2, 0.25) is 0 Å². The lowest BCUT2D eigenvalue weighted by Gasteiger charge is -2.29. The quantitative estimate of drug-likeness (QED) is 0.747. The van der Waals surface area contributed by atoms with Gasteiger partial charge in [0.05, 0.1) is 6.26 Å². The van der Waals surface area contributed by atoms with E-state index in [2.05, 4.69) is 26.1 Å². The van der Waals surface area contributed by atoms with E-state index in [4.69, 9.17) is 4.42 Å². The second-order valence-electron chi connectivity index (χ2n) is 3.71. The Labute approximate surface area is 74.0 Å². The number of hydrogen-bond donors (Lipinski definition) is 1. The molecule has 2 nitrogen and oxygen atoms in total. The molecule has 0 fully saturated rings. The van der Waals surface area contributed by atoms with Crippen LogP contribution in [0.2, 0.25) is 0 Å². The molecule has 1 unspecified atom stereocenters. The lowest BCUT2D eigenvalue weighted by molar-refractivity contribution is 0.317.